The largest absolute Gasteiger partial charge is 0.495 e. The Bertz CT molecular complexity index is 1680. The zero-order valence-electron chi connectivity index (χ0n) is 24.9. The molecule has 0 aliphatic carbocycles. The first kappa shape index (κ1) is 33.0. The van der Waals surface area contributed by atoms with Crippen LogP contribution in [0.4, 0.5) is 11.4 Å². The number of hydrogen-bond donors (Lipinski definition) is 3. The molecule has 0 atom stereocenters. The molecule has 0 aromatic heterocycles. The number of carbonyl (C=O) groups is 3. The van der Waals surface area contributed by atoms with Gasteiger partial charge in [-0.15, -0.1) is 11.8 Å². The van der Waals surface area contributed by atoms with E-state index in [4.69, 9.17) is 25.8 Å². The van der Waals surface area contributed by atoms with Crippen molar-refractivity contribution >= 4 is 58.5 Å². The number of carbonyl (C=O) groups excluding carboxylic acids is 3. The molecule has 4 aromatic rings. The number of halogens is 1. The highest BCUT2D eigenvalue weighted by molar-refractivity contribution is 8.00. The molecule has 3 N–H and O–H groups in total. The van der Waals surface area contributed by atoms with Crippen LogP contribution in [-0.2, 0) is 9.59 Å². The summed E-state index contributed by atoms with van der Waals surface area (Å²) in [6.07, 6.45) is 1.59. The van der Waals surface area contributed by atoms with Crippen LogP contribution in [0.5, 0.6) is 17.2 Å². The lowest BCUT2D eigenvalue weighted by atomic mass is 10.1. The Labute approximate surface area is 270 Å². The number of hydrogen-bond acceptors (Lipinski definition) is 7. The van der Waals surface area contributed by atoms with E-state index in [9.17, 15) is 14.4 Å². The van der Waals surface area contributed by atoms with E-state index >= 15 is 0 Å². The van der Waals surface area contributed by atoms with Crippen molar-refractivity contribution in [3.05, 3.63) is 113 Å². The van der Waals surface area contributed by atoms with Crippen molar-refractivity contribution in [3.63, 3.8) is 0 Å². The first-order valence-corrected chi connectivity index (χ1v) is 15.2. The molecule has 0 heterocycles. The van der Waals surface area contributed by atoms with E-state index in [0.717, 1.165) is 4.90 Å². The van der Waals surface area contributed by atoms with Gasteiger partial charge in [-0.3, -0.25) is 14.4 Å². The van der Waals surface area contributed by atoms with Gasteiger partial charge in [0.25, 0.3) is 11.8 Å². The fourth-order valence-electron chi connectivity index (χ4n) is 4.09. The maximum atomic E-state index is 13.4. The Morgan fingerprint density at radius 1 is 0.844 bits per heavy atom. The Kier molecular flexibility index (Phi) is 11.9. The van der Waals surface area contributed by atoms with Crippen LogP contribution < -0.4 is 30.2 Å². The highest BCUT2D eigenvalue weighted by Gasteiger charge is 2.16. The van der Waals surface area contributed by atoms with Crippen LogP contribution in [0.1, 0.15) is 22.8 Å². The van der Waals surface area contributed by atoms with Crippen molar-refractivity contribution in [3.8, 4) is 17.2 Å². The number of anilines is 2. The first-order valence-electron chi connectivity index (χ1n) is 13.9. The Balaban J connectivity index is 1.45. The van der Waals surface area contributed by atoms with Gasteiger partial charge >= 0.3 is 0 Å². The van der Waals surface area contributed by atoms with E-state index in [1.165, 1.54) is 26.0 Å². The normalized spacial score (nSPS) is 10.9. The van der Waals surface area contributed by atoms with Gasteiger partial charge in [-0.25, -0.2) is 0 Å². The second-order valence-corrected chi connectivity index (χ2v) is 10.8. The van der Waals surface area contributed by atoms with Crippen molar-refractivity contribution in [1.29, 1.82) is 0 Å². The second kappa shape index (κ2) is 16.2. The monoisotopic (exact) mass is 645 g/mol. The maximum absolute atomic E-state index is 13.4. The summed E-state index contributed by atoms with van der Waals surface area (Å²) in [5, 5.41) is 8.72. The topological polar surface area (TPSA) is 115 Å². The lowest BCUT2D eigenvalue weighted by Crippen LogP contribution is -2.30. The second-order valence-electron chi connectivity index (χ2n) is 9.39. The number of ether oxygens (including phenoxy) is 3. The van der Waals surface area contributed by atoms with Crippen molar-refractivity contribution in [2.45, 2.75) is 11.8 Å². The standard InChI is InChI=1S/C34H32ClN3O6S/c1-4-44-25-15-13-22(14-16-25)17-29(38-33(40)23-9-6-5-7-10-23)34(41)36-24-11-8-12-26(18-24)45-21-32(39)37-28-19-27(35)30(42-2)20-31(28)43-3/h5-20H,4,21H2,1-3H3,(H,36,41)(H,37,39)(H,38,40)/b29-17+. The summed E-state index contributed by atoms with van der Waals surface area (Å²) in [5.41, 5.74) is 2.06. The highest BCUT2D eigenvalue weighted by Crippen LogP contribution is 2.36. The molecule has 0 spiro atoms. The van der Waals surface area contributed by atoms with E-state index in [1.54, 1.807) is 91.0 Å². The number of benzene rings is 4. The molecule has 0 aliphatic rings. The number of thioether (sulfide) groups is 1. The minimum Gasteiger partial charge on any atom is -0.495 e. The van der Waals surface area contributed by atoms with Crippen molar-refractivity contribution in [1.82, 2.24) is 5.32 Å². The van der Waals surface area contributed by atoms with Gasteiger partial charge < -0.3 is 30.2 Å². The van der Waals surface area contributed by atoms with Crippen LogP contribution in [0.3, 0.4) is 0 Å². The van der Waals surface area contributed by atoms with E-state index in [0.29, 0.717) is 51.4 Å². The van der Waals surface area contributed by atoms with Crippen molar-refractivity contribution in [2.24, 2.45) is 0 Å². The van der Waals surface area contributed by atoms with Gasteiger partial charge in [0.05, 0.1) is 37.3 Å². The summed E-state index contributed by atoms with van der Waals surface area (Å²) >= 11 is 7.49. The van der Waals surface area contributed by atoms with Crippen LogP contribution >= 0.6 is 23.4 Å². The van der Waals surface area contributed by atoms with Gasteiger partial charge in [-0.1, -0.05) is 48.0 Å². The van der Waals surface area contributed by atoms with Gasteiger partial charge in [0.2, 0.25) is 5.91 Å². The van der Waals surface area contributed by atoms with Crippen LogP contribution in [0.15, 0.2) is 102 Å². The van der Waals surface area contributed by atoms with Crippen LogP contribution in [0.25, 0.3) is 6.08 Å². The predicted molar refractivity (Wildman–Crippen MR) is 178 cm³/mol. The minimum absolute atomic E-state index is 0.0533. The number of methoxy groups -OCH3 is 2. The van der Waals surface area contributed by atoms with E-state index in [-0.39, 0.29) is 17.4 Å². The molecule has 4 aromatic carbocycles. The third-order valence-corrected chi connectivity index (χ3v) is 7.53. The maximum Gasteiger partial charge on any atom is 0.272 e. The first-order chi connectivity index (χ1) is 21.8. The zero-order valence-corrected chi connectivity index (χ0v) is 26.5. The third-order valence-electron chi connectivity index (χ3n) is 6.24. The highest BCUT2D eigenvalue weighted by atomic mass is 35.5. The van der Waals surface area contributed by atoms with Crippen LogP contribution in [0, 0.1) is 0 Å². The van der Waals surface area contributed by atoms with E-state index in [2.05, 4.69) is 16.0 Å². The molecule has 0 saturated carbocycles. The van der Waals surface area contributed by atoms with E-state index in [1.807, 2.05) is 13.0 Å². The fraction of sp³-hybridized carbons (Fsp3) is 0.147. The molecule has 0 fully saturated rings. The molecule has 11 heteroatoms. The summed E-state index contributed by atoms with van der Waals surface area (Å²) in [5.74, 6) is 0.400. The van der Waals surface area contributed by atoms with Crippen LogP contribution in [-0.4, -0.2) is 44.3 Å². The molecule has 0 aliphatic heterocycles. The van der Waals surface area contributed by atoms with Crippen LogP contribution in [0.2, 0.25) is 5.02 Å². The van der Waals surface area contributed by atoms with Gasteiger partial charge in [0.1, 0.15) is 22.9 Å². The average Bonchev–Trinajstić information content (AvgIpc) is 3.05. The summed E-state index contributed by atoms with van der Waals surface area (Å²) in [4.78, 5) is 39.9. The summed E-state index contributed by atoms with van der Waals surface area (Å²) in [6.45, 7) is 2.43. The van der Waals surface area contributed by atoms with Crippen molar-refractivity contribution in [2.75, 3.05) is 37.2 Å². The van der Waals surface area contributed by atoms with Gasteiger partial charge in [-0.2, -0.15) is 0 Å². The smallest absolute Gasteiger partial charge is 0.272 e. The molecule has 4 rings (SSSR count). The number of amides is 3. The Morgan fingerprint density at radius 3 is 2.27 bits per heavy atom. The van der Waals surface area contributed by atoms with Gasteiger partial charge in [0.15, 0.2) is 0 Å². The SMILES string of the molecule is CCOc1ccc(/C=C(/NC(=O)c2ccccc2)C(=O)Nc2cccc(SCC(=O)Nc3cc(Cl)c(OC)cc3OC)c2)cc1. The fourth-order valence-corrected chi connectivity index (χ4v) is 5.09. The molecule has 3 amide bonds. The molecule has 0 saturated heterocycles. The lowest BCUT2D eigenvalue weighted by molar-refractivity contribution is -0.114. The predicted octanol–water partition coefficient (Wildman–Crippen LogP) is 6.90. The zero-order chi connectivity index (χ0) is 32.2. The average molecular weight is 646 g/mol. The quantitative estimate of drug-likeness (QED) is 0.107. The Morgan fingerprint density at radius 2 is 1.58 bits per heavy atom. The molecule has 0 bridgehead atoms. The molecule has 45 heavy (non-hydrogen) atoms. The van der Waals surface area contributed by atoms with Gasteiger partial charge in [0, 0.05) is 22.2 Å². The molecule has 0 unspecified atom stereocenters. The third kappa shape index (κ3) is 9.53. The molecular formula is C34H32ClN3O6S. The van der Waals surface area contributed by atoms with E-state index < -0.39 is 11.8 Å². The minimum atomic E-state index is -0.517. The lowest BCUT2D eigenvalue weighted by Gasteiger charge is -2.13. The summed E-state index contributed by atoms with van der Waals surface area (Å²) in [7, 11) is 2.98. The van der Waals surface area contributed by atoms with Crippen molar-refractivity contribution < 1.29 is 28.6 Å². The van der Waals surface area contributed by atoms with Gasteiger partial charge in [-0.05, 0) is 67.1 Å². The number of nitrogens with one attached hydrogen (secondary N) is 3. The molecule has 232 valence electrons. The Hall–Kier alpha value is -4.93. The summed E-state index contributed by atoms with van der Waals surface area (Å²) < 4.78 is 16.0. The molecule has 9 nitrogen and oxygen atoms in total. The summed E-state index contributed by atoms with van der Waals surface area (Å²) in [6, 6.07) is 26.0. The molecular weight excluding hydrogens is 614 g/mol. The molecule has 0 radical (unpaired) electrons. The number of rotatable bonds is 13.